The molecule has 1 aromatic heterocycles. The van der Waals surface area contributed by atoms with E-state index >= 15 is 0 Å². The summed E-state index contributed by atoms with van der Waals surface area (Å²) >= 11 is 0. The summed E-state index contributed by atoms with van der Waals surface area (Å²) in [5.41, 5.74) is 0. The molecule has 1 saturated heterocycles. The zero-order valence-corrected chi connectivity index (χ0v) is 11.0. The number of amides is 3. The third-order valence-electron chi connectivity index (χ3n) is 2.84. The lowest BCUT2D eigenvalue weighted by molar-refractivity contribution is -0.119. The van der Waals surface area contributed by atoms with E-state index in [2.05, 4.69) is 20.8 Å². The molecule has 104 valence electrons. The molecule has 2 heterocycles. The summed E-state index contributed by atoms with van der Waals surface area (Å²) in [6.45, 7) is 4.52. The van der Waals surface area contributed by atoms with E-state index < -0.39 is 0 Å². The van der Waals surface area contributed by atoms with Gasteiger partial charge >= 0.3 is 6.03 Å². The van der Waals surface area contributed by atoms with Crippen LogP contribution in [0.2, 0.25) is 0 Å². The molecule has 0 spiro atoms. The zero-order chi connectivity index (χ0) is 13.8. The molecule has 1 aliphatic heterocycles. The summed E-state index contributed by atoms with van der Waals surface area (Å²) in [6, 6.07) is -0.155. The SMILES string of the molecule is CC(=O)N[C@H]1CCN(C(=O)NCc2nnc(C)o2)C1. The number of aromatic nitrogens is 2. The standard InChI is InChI=1S/C11H17N5O3/c1-7(17)13-9-3-4-16(6-9)11(18)12-5-10-15-14-8(2)19-10/h9H,3-6H2,1-2H3,(H,12,18)(H,13,17)/t9-/m0/s1. The summed E-state index contributed by atoms with van der Waals surface area (Å²) < 4.78 is 5.16. The first kappa shape index (κ1) is 13.3. The largest absolute Gasteiger partial charge is 0.424 e. The number of aryl methyl sites for hydroxylation is 1. The minimum atomic E-state index is -0.191. The Morgan fingerprint density at radius 3 is 2.89 bits per heavy atom. The van der Waals surface area contributed by atoms with Gasteiger partial charge in [0.15, 0.2) is 0 Å². The molecule has 0 bridgehead atoms. The molecular weight excluding hydrogens is 250 g/mol. The van der Waals surface area contributed by atoms with Gasteiger partial charge in [-0.05, 0) is 6.42 Å². The minimum Gasteiger partial charge on any atom is -0.424 e. The number of hydrogen-bond donors (Lipinski definition) is 2. The first-order valence-corrected chi connectivity index (χ1v) is 6.13. The molecule has 1 aromatic rings. The van der Waals surface area contributed by atoms with E-state index in [0.717, 1.165) is 6.42 Å². The Labute approximate surface area is 110 Å². The maximum atomic E-state index is 11.9. The summed E-state index contributed by atoms with van der Waals surface area (Å²) in [4.78, 5) is 24.5. The third kappa shape index (κ3) is 3.67. The number of likely N-dealkylation sites (tertiary alicyclic amines) is 1. The first-order valence-electron chi connectivity index (χ1n) is 6.13. The summed E-state index contributed by atoms with van der Waals surface area (Å²) in [5.74, 6) is 0.771. The first-order chi connectivity index (χ1) is 9.04. The lowest BCUT2D eigenvalue weighted by Gasteiger charge is -2.16. The Balaban J connectivity index is 1.76. The van der Waals surface area contributed by atoms with Crippen LogP contribution < -0.4 is 10.6 Å². The Morgan fingerprint density at radius 1 is 1.47 bits per heavy atom. The van der Waals surface area contributed by atoms with Crippen molar-refractivity contribution in [2.75, 3.05) is 13.1 Å². The van der Waals surface area contributed by atoms with E-state index in [1.807, 2.05) is 0 Å². The fourth-order valence-corrected chi connectivity index (χ4v) is 2.02. The van der Waals surface area contributed by atoms with Crippen LogP contribution in [-0.2, 0) is 11.3 Å². The zero-order valence-electron chi connectivity index (χ0n) is 11.0. The second kappa shape index (κ2) is 5.68. The van der Waals surface area contributed by atoms with Gasteiger partial charge in [-0.3, -0.25) is 4.79 Å². The van der Waals surface area contributed by atoms with Crippen molar-refractivity contribution in [3.8, 4) is 0 Å². The topological polar surface area (TPSA) is 100 Å². The predicted molar refractivity (Wildman–Crippen MR) is 65.1 cm³/mol. The second-order valence-electron chi connectivity index (χ2n) is 4.51. The molecule has 1 fully saturated rings. The van der Waals surface area contributed by atoms with Crippen LogP contribution in [0, 0.1) is 6.92 Å². The van der Waals surface area contributed by atoms with Crippen LogP contribution in [0.3, 0.4) is 0 Å². The highest BCUT2D eigenvalue weighted by atomic mass is 16.4. The van der Waals surface area contributed by atoms with Gasteiger partial charge in [-0.15, -0.1) is 10.2 Å². The molecule has 8 heteroatoms. The van der Waals surface area contributed by atoms with Crippen LogP contribution in [0.25, 0.3) is 0 Å². The fourth-order valence-electron chi connectivity index (χ4n) is 2.02. The summed E-state index contributed by atoms with van der Waals surface area (Å²) in [5, 5.41) is 13.0. The molecule has 2 rings (SSSR count). The van der Waals surface area contributed by atoms with Gasteiger partial charge in [0, 0.05) is 33.0 Å². The Hall–Kier alpha value is -2.12. The average Bonchev–Trinajstić information content (AvgIpc) is 2.95. The molecule has 0 unspecified atom stereocenters. The molecule has 8 nitrogen and oxygen atoms in total. The van der Waals surface area contributed by atoms with E-state index in [1.54, 1.807) is 11.8 Å². The van der Waals surface area contributed by atoms with Crippen molar-refractivity contribution in [2.45, 2.75) is 32.9 Å². The van der Waals surface area contributed by atoms with Crippen LogP contribution in [0.1, 0.15) is 25.1 Å². The molecule has 2 N–H and O–H groups in total. The van der Waals surface area contributed by atoms with Crippen molar-refractivity contribution in [3.63, 3.8) is 0 Å². The average molecular weight is 267 g/mol. The number of carbonyl (C=O) groups excluding carboxylic acids is 2. The molecule has 1 aliphatic rings. The van der Waals surface area contributed by atoms with E-state index in [-0.39, 0.29) is 24.5 Å². The normalized spacial score (nSPS) is 18.4. The summed E-state index contributed by atoms with van der Waals surface area (Å²) in [7, 11) is 0. The van der Waals surface area contributed by atoms with E-state index in [1.165, 1.54) is 6.92 Å². The van der Waals surface area contributed by atoms with Gasteiger partial charge in [0.1, 0.15) is 0 Å². The number of hydrogen-bond acceptors (Lipinski definition) is 5. The molecule has 0 aromatic carbocycles. The molecule has 0 aliphatic carbocycles. The molecule has 0 saturated carbocycles. The molecule has 3 amide bonds. The highest BCUT2D eigenvalue weighted by molar-refractivity contribution is 5.75. The lowest BCUT2D eigenvalue weighted by atomic mass is 10.3. The number of rotatable bonds is 3. The van der Waals surface area contributed by atoms with E-state index in [9.17, 15) is 9.59 Å². The van der Waals surface area contributed by atoms with Crippen LogP contribution >= 0.6 is 0 Å². The maximum absolute atomic E-state index is 11.9. The van der Waals surface area contributed by atoms with Crippen LogP contribution in [0.15, 0.2) is 4.42 Å². The van der Waals surface area contributed by atoms with Gasteiger partial charge < -0.3 is 20.0 Å². The lowest BCUT2D eigenvalue weighted by Crippen LogP contribution is -2.41. The molecule has 1 atom stereocenters. The van der Waals surface area contributed by atoms with Crippen molar-refractivity contribution < 1.29 is 14.0 Å². The Morgan fingerprint density at radius 2 is 2.26 bits per heavy atom. The summed E-state index contributed by atoms with van der Waals surface area (Å²) in [6.07, 6.45) is 0.771. The maximum Gasteiger partial charge on any atom is 0.317 e. The Bertz CT molecular complexity index is 473. The highest BCUT2D eigenvalue weighted by Gasteiger charge is 2.26. The predicted octanol–water partition coefficient (Wildman–Crippen LogP) is -0.202. The van der Waals surface area contributed by atoms with Gasteiger partial charge in [0.2, 0.25) is 17.7 Å². The van der Waals surface area contributed by atoms with E-state index in [4.69, 9.17) is 4.42 Å². The third-order valence-corrected chi connectivity index (χ3v) is 2.84. The van der Waals surface area contributed by atoms with Gasteiger partial charge in [-0.2, -0.15) is 0 Å². The van der Waals surface area contributed by atoms with Crippen molar-refractivity contribution in [2.24, 2.45) is 0 Å². The van der Waals surface area contributed by atoms with Gasteiger partial charge in [-0.25, -0.2) is 4.79 Å². The Kier molecular flexibility index (Phi) is 3.98. The number of urea groups is 1. The molecular formula is C11H17N5O3. The van der Waals surface area contributed by atoms with E-state index in [0.29, 0.717) is 24.9 Å². The monoisotopic (exact) mass is 267 g/mol. The highest BCUT2D eigenvalue weighted by Crippen LogP contribution is 2.09. The fraction of sp³-hybridized carbons (Fsp3) is 0.636. The smallest absolute Gasteiger partial charge is 0.317 e. The van der Waals surface area contributed by atoms with Crippen molar-refractivity contribution >= 4 is 11.9 Å². The van der Waals surface area contributed by atoms with Crippen LogP contribution in [-0.4, -0.2) is 46.2 Å². The minimum absolute atomic E-state index is 0.0360. The second-order valence-corrected chi connectivity index (χ2v) is 4.51. The van der Waals surface area contributed by atoms with Crippen molar-refractivity contribution in [1.29, 1.82) is 0 Å². The molecule has 19 heavy (non-hydrogen) atoms. The van der Waals surface area contributed by atoms with Crippen LogP contribution in [0.4, 0.5) is 4.79 Å². The van der Waals surface area contributed by atoms with Crippen molar-refractivity contribution in [3.05, 3.63) is 11.8 Å². The van der Waals surface area contributed by atoms with Gasteiger partial charge in [-0.1, -0.05) is 0 Å². The number of carbonyl (C=O) groups is 2. The number of nitrogens with one attached hydrogen (secondary N) is 2. The van der Waals surface area contributed by atoms with Crippen molar-refractivity contribution in [1.82, 2.24) is 25.7 Å². The van der Waals surface area contributed by atoms with Gasteiger partial charge in [0.25, 0.3) is 0 Å². The quantitative estimate of drug-likeness (QED) is 0.789. The van der Waals surface area contributed by atoms with Gasteiger partial charge in [0.05, 0.1) is 6.54 Å². The number of nitrogens with zero attached hydrogens (tertiary/aromatic N) is 3. The van der Waals surface area contributed by atoms with Crippen LogP contribution in [0.5, 0.6) is 0 Å². The molecule has 0 radical (unpaired) electrons.